The summed E-state index contributed by atoms with van der Waals surface area (Å²) in [7, 11) is 0. The second-order valence-electron chi connectivity index (χ2n) is 2.31. The van der Waals surface area contributed by atoms with E-state index >= 15 is 0 Å². The molecule has 0 heterocycles. The van der Waals surface area contributed by atoms with Crippen LogP contribution in [0.2, 0.25) is 0 Å². The van der Waals surface area contributed by atoms with Crippen LogP contribution >= 0.6 is 0 Å². The Morgan fingerprint density at radius 2 is 2.00 bits per heavy atom. The zero-order valence-corrected chi connectivity index (χ0v) is 4.44. The van der Waals surface area contributed by atoms with Crippen LogP contribution in [-0.2, 0) is 0 Å². The van der Waals surface area contributed by atoms with Crippen molar-refractivity contribution in [3.63, 3.8) is 0 Å². The van der Waals surface area contributed by atoms with Gasteiger partial charge in [0.2, 0.25) is 0 Å². The normalized spacial score (nSPS) is 45.0. The molecule has 1 fully saturated rings. The van der Waals surface area contributed by atoms with Gasteiger partial charge in [0.1, 0.15) is 0 Å². The zero-order chi connectivity index (χ0) is 4.57. The molecule has 0 amide bonds. The lowest BCUT2D eigenvalue weighted by molar-refractivity contribution is 0.317. The molecular formula is C6H11-. The summed E-state index contributed by atoms with van der Waals surface area (Å²) in [5.74, 6) is 1.88. The Kier molecular flexibility index (Phi) is 0.868. The molecular weight excluding hydrogens is 72.1 g/mol. The predicted octanol–water partition coefficient (Wildman–Crippen LogP) is 1.87. The second kappa shape index (κ2) is 1.25. The molecule has 0 radical (unpaired) electrons. The van der Waals surface area contributed by atoms with Crippen LogP contribution in [0, 0.1) is 18.3 Å². The molecule has 0 nitrogen and oxygen atoms in total. The number of hydrogen-bond donors (Lipinski definition) is 0. The average molecular weight is 83.2 g/mol. The van der Waals surface area contributed by atoms with Crippen LogP contribution in [0.3, 0.4) is 0 Å². The van der Waals surface area contributed by atoms with Crippen LogP contribution < -0.4 is 0 Å². The standard InChI is InChI=1S/C6H11/c1-5-3-4-6(5)2/h3,5-6H,4H2,1-2H3/q-1. The maximum absolute atomic E-state index is 2.37. The largest absolute Gasteiger partial charge is 0.325 e. The van der Waals surface area contributed by atoms with Crippen LogP contribution in [0.1, 0.15) is 20.3 Å². The lowest BCUT2D eigenvalue weighted by Gasteiger charge is -2.42. The van der Waals surface area contributed by atoms with E-state index in [-0.39, 0.29) is 0 Å². The molecule has 36 valence electrons. The van der Waals surface area contributed by atoms with E-state index in [0.29, 0.717) is 0 Å². The first kappa shape index (κ1) is 4.17. The van der Waals surface area contributed by atoms with E-state index in [1.54, 1.807) is 0 Å². The Labute approximate surface area is 39.6 Å². The fourth-order valence-corrected chi connectivity index (χ4v) is 0.680. The van der Waals surface area contributed by atoms with Crippen LogP contribution in [0.5, 0.6) is 0 Å². The first-order valence-corrected chi connectivity index (χ1v) is 2.64. The van der Waals surface area contributed by atoms with Crippen molar-refractivity contribution in [1.29, 1.82) is 0 Å². The zero-order valence-electron chi connectivity index (χ0n) is 4.44. The maximum Gasteiger partial charge on any atom is -0.0671 e. The highest BCUT2D eigenvalue weighted by Gasteiger charge is 2.08. The minimum Gasteiger partial charge on any atom is -0.325 e. The molecule has 0 N–H and O–H groups in total. The fourth-order valence-electron chi connectivity index (χ4n) is 0.680. The Morgan fingerprint density at radius 1 is 1.50 bits per heavy atom. The molecule has 1 rings (SSSR count). The number of rotatable bonds is 0. The molecule has 0 bridgehead atoms. The molecule has 0 heteroatoms. The van der Waals surface area contributed by atoms with Gasteiger partial charge >= 0.3 is 0 Å². The highest BCUT2D eigenvalue weighted by atomic mass is 14.3. The first-order chi connectivity index (χ1) is 2.80. The lowest BCUT2D eigenvalue weighted by atomic mass is 9.77. The van der Waals surface area contributed by atoms with E-state index in [0.717, 1.165) is 11.8 Å². The third kappa shape index (κ3) is 0.444. The summed E-state index contributed by atoms with van der Waals surface area (Å²) < 4.78 is 0. The van der Waals surface area contributed by atoms with Gasteiger partial charge in [0.25, 0.3) is 0 Å². The van der Waals surface area contributed by atoms with Gasteiger partial charge in [0.15, 0.2) is 0 Å². The van der Waals surface area contributed by atoms with Gasteiger partial charge in [-0.25, -0.2) is 0 Å². The van der Waals surface area contributed by atoms with E-state index in [4.69, 9.17) is 0 Å². The Balaban J connectivity index is 2.20. The molecule has 2 unspecified atom stereocenters. The van der Waals surface area contributed by atoms with Crippen molar-refractivity contribution in [2.75, 3.05) is 0 Å². The lowest BCUT2D eigenvalue weighted by Crippen LogP contribution is -2.19. The third-order valence-corrected chi connectivity index (χ3v) is 1.78. The van der Waals surface area contributed by atoms with Gasteiger partial charge in [-0.2, -0.15) is 12.3 Å². The van der Waals surface area contributed by atoms with Crippen molar-refractivity contribution in [3.8, 4) is 0 Å². The van der Waals surface area contributed by atoms with Gasteiger partial charge in [0.05, 0.1) is 0 Å². The van der Waals surface area contributed by atoms with Crippen molar-refractivity contribution in [3.05, 3.63) is 6.42 Å². The topological polar surface area (TPSA) is 0 Å². The average Bonchev–Trinajstić information content (AvgIpc) is 1.61. The Morgan fingerprint density at radius 3 is 2.00 bits per heavy atom. The van der Waals surface area contributed by atoms with Gasteiger partial charge in [-0.05, 0) is 0 Å². The molecule has 0 spiro atoms. The van der Waals surface area contributed by atoms with Crippen LogP contribution in [0.15, 0.2) is 0 Å². The van der Waals surface area contributed by atoms with Gasteiger partial charge in [-0.3, -0.25) is 0 Å². The highest BCUT2D eigenvalue weighted by molar-refractivity contribution is 4.89. The number of hydrogen-bond acceptors (Lipinski definition) is 0. The predicted molar refractivity (Wildman–Crippen MR) is 27.2 cm³/mol. The molecule has 0 aromatic rings. The van der Waals surface area contributed by atoms with Gasteiger partial charge in [0, 0.05) is 0 Å². The fraction of sp³-hybridized carbons (Fsp3) is 0.833. The SMILES string of the molecule is CC1[CH-]CC1C. The molecule has 0 aromatic heterocycles. The summed E-state index contributed by atoms with van der Waals surface area (Å²) in [4.78, 5) is 0. The van der Waals surface area contributed by atoms with Crippen molar-refractivity contribution >= 4 is 0 Å². The Hall–Kier alpha value is 0. The van der Waals surface area contributed by atoms with Crippen molar-refractivity contribution in [1.82, 2.24) is 0 Å². The Bertz CT molecular complexity index is 40.0. The van der Waals surface area contributed by atoms with Crippen LogP contribution in [0.4, 0.5) is 0 Å². The summed E-state index contributed by atoms with van der Waals surface area (Å²) in [6, 6.07) is 0. The molecule has 1 aliphatic rings. The molecule has 1 aliphatic carbocycles. The second-order valence-corrected chi connectivity index (χ2v) is 2.31. The maximum atomic E-state index is 2.37. The van der Waals surface area contributed by atoms with E-state index in [1.807, 2.05) is 0 Å². The third-order valence-electron chi connectivity index (χ3n) is 1.78. The molecule has 0 aliphatic heterocycles. The quantitative estimate of drug-likeness (QED) is 0.392. The smallest absolute Gasteiger partial charge is 0.0671 e. The van der Waals surface area contributed by atoms with Crippen LogP contribution in [0.25, 0.3) is 0 Å². The summed E-state index contributed by atoms with van der Waals surface area (Å²) in [5, 5.41) is 0. The van der Waals surface area contributed by atoms with Gasteiger partial charge in [-0.15, -0.1) is 0 Å². The van der Waals surface area contributed by atoms with E-state index < -0.39 is 0 Å². The van der Waals surface area contributed by atoms with E-state index in [9.17, 15) is 0 Å². The van der Waals surface area contributed by atoms with Crippen molar-refractivity contribution in [2.45, 2.75) is 20.3 Å². The first-order valence-electron chi connectivity index (χ1n) is 2.64. The minimum absolute atomic E-state index is 0.907. The van der Waals surface area contributed by atoms with Gasteiger partial charge < -0.3 is 6.42 Å². The molecule has 1 saturated carbocycles. The molecule has 6 heavy (non-hydrogen) atoms. The highest BCUT2D eigenvalue weighted by Crippen LogP contribution is 2.31. The monoisotopic (exact) mass is 83.1 g/mol. The minimum atomic E-state index is 0.907. The van der Waals surface area contributed by atoms with Crippen molar-refractivity contribution in [2.24, 2.45) is 11.8 Å². The van der Waals surface area contributed by atoms with Gasteiger partial charge in [-0.1, -0.05) is 19.8 Å². The summed E-state index contributed by atoms with van der Waals surface area (Å²) in [6.07, 6.45) is 3.71. The molecule has 0 saturated heterocycles. The molecule has 0 aromatic carbocycles. The van der Waals surface area contributed by atoms with Crippen LogP contribution in [-0.4, -0.2) is 0 Å². The molecule has 2 atom stereocenters. The van der Waals surface area contributed by atoms with Crippen molar-refractivity contribution < 1.29 is 0 Å². The summed E-state index contributed by atoms with van der Waals surface area (Å²) >= 11 is 0. The summed E-state index contributed by atoms with van der Waals surface area (Å²) in [6.45, 7) is 4.57. The van der Waals surface area contributed by atoms with E-state index in [2.05, 4.69) is 20.3 Å². The van der Waals surface area contributed by atoms with E-state index in [1.165, 1.54) is 6.42 Å². The summed E-state index contributed by atoms with van der Waals surface area (Å²) in [5.41, 5.74) is 0.